The Kier molecular flexibility index (Phi) is 13.4. The zero-order chi connectivity index (χ0) is 31.0. The highest BCUT2D eigenvalue weighted by atomic mass is 127. The lowest BCUT2D eigenvalue weighted by Gasteiger charge is -2.28. The van der Waals surface area contributed by atoms with Gasteiger partial charge >= 0.3 is 18.3 Å². The maximum atomic E-state index is 13.3. The molecule has 226 valence electrons. The number of amides is 3. The Morgan fingerprint density at radius 2 is 1.09 bits per heavy atom. The largest absolute Gasteiger partial charge is 0.444 e. The minimum Gasteiger partial charge on any atom is -0.444 e. The number of nitrogens with zero attached hydrogens (tertiary/aromatic N) is 2. The SMILES string of the molecule is N=C(N)N(CCC[C@@H](C(=O)CI)N(C(=O)OCc1ccccc1)C(=O)OCc1ccccc1)C(=O)OCc1ccccc1. The van der Waals surface area contributed by atoms with Crippen molar-refractivity contribution in [1.29, 1.82) is 5.41 Å². The number of ketones is 1. The van der Waals surface area contributed by atoms with Crippen LogP contribution in [0.15, 0.2) is 91.0 Å². The molecule has 0 unspecified atom stereocenters. The molecule has 0 saturated carbocycles. The first-order valence-electron chi connectivity index (χ1n) is 13.4. The van der Waals surface area contributed by atoms with E-state index in [1.54, 1.807) is 72.8 Å². The number of hydrogen-bond donors (Lipinski definition) is 2. The Bertz CT molecular complexity index is 1300. The fourth-order valence-corrected chi connectivity index (χ4v) is 4.49. The Morgan fingerprint density at radius 3 is 1.47 bits per heavy atom. The van der Waals surface area contributed by atoms with Gasteiger partial charge < -0.3 is 19.9 Å². The van der Waals surface area contributed by atoms with Crippen LogP contribution in [0.25, 0.3) is 0 Å². The van der Waals surface area contributed by atoms with Gasteiger partial charge in [0.05, 0.1) is 4.43 Å². The maximum absolute atomic E-state index is 13.3. The van der Waals surface area contributed by atoms with E-state index in [1.165, 1.54) is 0 Å². The van der Waals surface area contributed by atoms with Crippen LogP contribution in [-0.4, -0.2) is 56.8 Å². The van der Waals surface area contributed by atoms with Crippen molar-refractivity contribution in [3.05, 3.63) is 108 Å². The highest BCUT2D eigenvalue weighted by molar-refractivity contribution is 14.1. The summed E-state index contributed by atoms with van der Waals surface area (Å²) in [5.41, 5.74) is 7.77. The van der Waals surface area contributed by atoms with E-state index >= 15 is 0 Å². The summed E-state index contributed by atoms with van der Waals surface area (Å²) in [7, 11) is 0. The summed E-state index contributed by atoms with van der Waals surface area (Å²) in [4.78, 5) is 53.9. The molecule has 0 fully saturated rings. The normalized spacial score (nSPS) is 11.1. The van der Waals surface area contributed by atoms with E-state index in [1.807, 2.05) is 40.8 Å². The topological polar surface area (TPSA) is 152 Å². The number of hydrogen-bond acceptors (Lipinski definition) is 8. The molecule has 0 aromatic heterocycles. The first-order valence-corrected chi connectivity index (χ1v) is 14.9. The first-order chi connectivity index (χ1) is 20.8. The van der Waals surface area contributed by atoms with Crippen LogP contribution in [0.2, 0.25) is 0 Å². The summed E-state index contributed by atoms with van der Waals surface area (Å²) in [5, 5.41) is 7.84. The zero-order valence-electron chi connectivity index (χ0n) is 23.4. The van der Waals surface area contributed by atoms with Gasteiger partial charge in [-0.25, -0.2) is 24.2 Å². The highest BCUT2D eigenvalue weighted by Gasteiger charge is 2.37. The van der Waals surface area contributed by atoms with Crippen LogP contribution in [0.5, 0.6) is 0 Å². The molecule has 0 bridgehead atoms. The van der Waals surface area contributed by atoms with Crippen molar-refractivity contribution in [1.82, 2.24) is 9.80 Å². The van der Waals surface area contributed by atoms with E-state index < -0.39 is 36.1 Å². The van der Waals surface area contributed by atoms with Gasteiger partial charge in [-0.1, -0.05) is 114 Å². The molecule has 3 amide bonds. The third kappa shape index (κ3) is 10.7. The Morgan fingerprint density at radius 1 is 0.698 bits per heavy atom. The lowest BCUT2D eigenvalue weighted by Crippen LogP contribution is -2.50. The van der Waals surface area contributed by atoms with Gasteiger partial charge in [0.1, 0.15) is 25.9 Å². The number of imide groups is 1. The van der Waals surface area contributed by atoms with Crippen LogP contribution in [0, 0.1) is 5.41 Å². The number of nitrogens with one attached hydrogen (secondary N) is 1. The molecule has 3 rings (SSSR count). The van der Waals surface area contributed by atoms with Crippen LogP contribution in [0.1, 0.15) is 29.5 Å². The lowest BCUT2D eigenvalue weighted by molar-refractivity contribution is -0.121. The van der Waals surface area contributed by atoms with E-state index in [4.69, 9.17) is 25.4 Å². The van der Waals surface area contributed by atoms with E-state index in [0.717, 1.165) is 10.5 Å². The second kappa shape index (κ2) is 17.5. The number of Topliss-reactive ketones (excluding diaryl/α,β-unsaturated/α-hetero) is 1. The number of benzene rings is 3. The van der Waals surface area contributed by atoms with Gasteiger partial charge in [-0.15, -0.1) is 0 Å². The number of nitrogens with two attached hydrogens (primary N) is 1. The molecule has 0 aliphatic rings. The van der Waals surface area contributed by atoms with Gasteiger partial charge in [0.15, 0.2) is 11.7 Å². The summed E-state index contributed by atoms with van der Waals surface area (Å²) in [6, 6.07) is 25.5. The number of halogens is 1. The fraction of sp³-hybridized carbons (Fsp3) is 0.258. The van der Waals surface area contributed by atoms with Gasteiger partial charge in [0.25, 0.3) is 0 Å². The average Bonchev–Trinajstić information content (AvgIpc) is 3.03. The number of ether oxygens (including phenoxy) is 3. The zero-order valence-corrected chi connectivity index (χ0v) is 25.6. The Balaban J connectivity index is 1.72. The van der Waals surface area contributed by atoms with E-state index in [0.29, 0.717) is 16.0 Å². The molecular formula is C31H33IN4O7. The van der Waals surface area contributed by atoms with Crippen LogP contribution in [0.3, 0.4) is 0 Å². The van der Waals surface area contributed by atoms with Gasteiger partial charge in [-0.05, 0) is 29.5 Å². The standard InChI is InChI=1S/C31H33IN4O7/c32-19-27(37)26(17-10-18-35(28(33)34)29(38)41-20-23-11-4-1-5-12-23)36(30(39)42-21-24-13-6-2-7-14-24)31(40)43-22-25-15-8-3-9-16-25/h1-9,11-16,26H,10,17-22H2,(H3,33,34)/t26-/m0/s1. The van der Waals surface area contributed by atoms with Gasteiger partial charge in [-0.3, -0.25) is 10.2 Å². The second-order valence-electron chi connectivity index (χ2n) is 9.29. The van der Waals surface area contributed by atoms with E-state index in [-0.39, 0.29) is 43.6 Å². The van der Waals surface area contributed by atoms with E-state index in [2.05, 4.69) is 0 Å². The molecule has 0 spiro atoms. The summed E-state index contributed by atoms with van der Waals surface area (Å²) in [6.07, 6.45) is -2.87. The van der Waals surface area contributed by atoms with Crippen LogP contribution in [0.4, 0.5) is 14.4 Å². The van der Waals surface area contributed by atoms with E-state index in [9.17, 15) is 19.2 Å². The third-order valence-corrected chi connectivity index (χ3v) is 6.95. The number of guanidine groups is 1. The molecule has 3 aromatic rings. The molecule has 1 atom stereocenters. The molecule has 12 heteroatoms. The fourth-order valence-electron chi connectivity index (χ4n) is 3.98. The third-order valence-electron chi connectivity index (χ3n) is 6.19. The molecular weight excluding hydrogens is 667 g/mol. The van der Waals surface area contributed by atoms with Crippen molar-refractivity contribution in [2.45, 2.75) is 38.7 Å². The van der Waals surface area contributed by atoms with Gasteiger partial charge in [-0.2, -0.15) is 0 Å². The maximum Gasteiger partial charge on any atom is 0.420 e. The Hall–Kier alpha value is -4.46. The quantitative estimate of drug-likeness (QED) is 0.0764. The highest BCUT2D eigenvalue weighted by Crippen LogP contribution is 2.17. The first kappa shape index (κ1) is 33.0. The van der Waals surface area contributed by atoms with Crippen molar-refractivity contribution in [2.75, 3.05) is 11.0 Å². The number of carbonyl (C=O) groups is 4. The molecule has 43 heavy (non-hydrogen) atoms. The van der Waals surface area contributed by atoms with Crippen LogP contribution >= 0.6 is 22.6 Å². The smallest absolute Gasteiger partial charge is 0.420 e. The number of alkyl halides is 1. The molecule has 0 aliphatic carbocycles. The predicted molar refractivity (Wildman–Crippen MR) is 167 cm³/mol. The monoisotopic (exact) mass is 700 g/mol. The van der Waals surface area contributed by atoms with Crippen molar-refractivity contribution >= 4 is 52.6 Å². The van der Waals surface area contributed by atoms with Crippen molar-refractivity contribution in [3.63, 3.8) is 0 Å². The van der Waals surface area contributed by atoms with Gasteiger partial charge in [0.2, 0.25) is 0 Å². The molecule has 3 aromatic carbocycles. The number of carbonyl (C=O) groups excluding carboxylic acids is 4. The minimum atomic E-state index is -1.25. The van der Waals surface area contributed by atoms with Gasteiger partial charge in [0, 0.05) is 6.54 Å². The van der Waals surface area contributed by atoms with Crippen molar-refractivity contribution in [2.24, 2.45) is 5.73 Å². The van der Waals surface area contributed by atoms with Crippen LogP contribution < -0.4 is 5.73 Å². The predicted octanol–water partition coefficient (Wildman–Crippen LogP) is 5.65. The summed E-state index contributed by atoms with van der Waals surface area (Å²) in [5.74, 6) is -0.967. The summed E-state index contributed by atoms with van der Waals surface area (Å²) < 4.78 is 16.1. The van der Waals surface area contributed by atoms with Crippen molar-refractivity contribution < 1.29 is 33.4 Å². The molecule has 0 radical (unpaired) electrons. The lowest BCUT2D eigenvalue weighted by atomic mass is 10.1. The molecule has 0 saturated heterocycles. The Labute approximate surface area is 263 Å². The average molecular weight is 701 g/mol. The molecule has 0 aliphatic heterocycles. The minimum absolute atomic E-state index is 0.00754. The van der Waals surface area contributed by atoms with Crippen molar-refractivity contribution in [3.8, 4) is 0 Å². The summed E-state index contributed by atoms with van der Waals surface area (Å²) in [6.45, 7) is -0.370. The number of rotatable bonds is 13. The summed E-state index contributed by atoms with van der Waals surface area (Å²) >= 11 is 1.85. The molecule has 11 nitrogen and oxygen atoms in total. The molecule has 3 N–H and O–H groups in total. The molecule has 0 heterocycles. The van der Waals surface area contributed by atoms with Crippen LogP contribution in [-0.2, 0) is 38.8 Å². The second-order valence-corrected chi connectivity index (χ2v) is 10.0.